The van der Waals surface area contributed by atoms with Crippen molar-refractivity contribution in [3.63, 3.8) is 0 Å². The number of aromatic amines is 1. The van der Waals surface area contributed by atoms with E-state index in [1.807, 2.05) is 34.9 Å². The van der Waals surface area contributed by atoms with Gasteiger partial charge in [0.05, 0.1) is 23.1 Å². The van der Waals surface area contributed by atoms with Crippen LogP contribution in [-0.4, -0.2) is 89.2 Å². The monoisotopic (exact) mass is 671 g/mol. The number of pyridine rings is 1. The lowest BCUT2D eigenvalue weighted by atomic mass is 10.1. The zero-order valence-corrected chi connectivity index (χ0v) is 27.6. The molecule has 1 saturated heterocycles. The Morgan fingerprint density at radius 3 is 2.18 bits per heavy atom. The van der Waals surface area contributed by atoms with Crippen molar-refractivity contribution in [1.29, 1.82) is 0 Å². The third kappa shape index (κ3) is 6.92. The number of carbonyl (C=O) groups excluding carboxylic acids is 3. The average molecular weight is 672 g/mol. The van der Waals surface area contributed by atoms with Crippen molar-refractivity contribution >= 4 is 46.2 Å². The Morgan fingerprint density at radius 2 is 1.49 bits per heavy atom. The van der Waals surface area contributed by atoms with Gasteiger partial charge in [0.1, 0.15) is 0 Å². The molecule has 12 nitrogen and oxygen atoms in total. The number of amides is 3. The lowest BCUT2D eigenvalue weighted by Gasteiger charge is -2.35. The molecule has 0 saturated carbocycles. The molecular formula is C36H33N9O3S. The summed E-state index contributed by atoms with van der Waals surface area (Å²) in [6.07, 6.45) is 5.96. The molecule has 0 aliphatic carbocycles. The second-order valence-corrected chi connectivity index (χ2v) is 12.5. The quantitative estimate of drug-likeness (QED) is 0.202. The number of aromatic nitrogens is 6. The van der Waals surface area contributed by atoms with Gasteiger partial charge in [-0.1, -0.05) is 30.8 Å². The number of aryl methyl sites for hydroxylation is 1. The molecule has 1 aliphatic heterocycles. The summed E-state index contributed by atoms with van der Waals surface area (Å²) in [5.74, 6) is 0.381. The number of piperazine rings is 1. The molecule has 246 valence electrons. The number of hydrogen-bond acceptors (Lipinski definition) is 8. The fourth-order valence-corrected chi connectivity index (χ4v) is 6.49. The third-order valence-electron chi connectivity index (χ3n) is 8.44. The van der Waals surface area contributed by atoms with Crippen molar-refractivity contribution in [2.24, 2.45) is 0 Å². The number of hydrogen-bond donors (Lipinski definition) is 2. The molecule has 1 fully saturated rings. The minimum atomic E-state index is -0.210. The summed E-state index contributed by atoms with van der Waals surface area (Å²) in [4.78, 5) is 54.2. The standard InChI is InChI=1S/C36H33N9O3S/c1-2-24-3-10-29(11-4-24)45-33(25-13-15-37-16-14-25)41-42-36(45)49-22-32(46)40-28-8-5-26(6-9-28)34(47)43-17-19-44(20-18-43)35(48)27-7-12-30-31(21-27)39-23-38-30/h3-16,21,23H,2,17-20,22H2,1H3,(H,38,39)(H,40,46). The molecule has 3 amide bonds. The van der Waals surface area contributed by atoms with Gasteiger partial charge in [0.25, 0.3) is 11.8 Å². The summed E-state index contributed by atoms with van der Waals surface area (Å²) in [6, 6.07) is 24.2. The van der Waals surface area contributed by atoms with Crippen LogP contribution in [0.5, 0.6) is 0 Å². The number of H-pyrrole nitrogens is 1. The fourth-order valence-electron chi connectivity index (χ4n) is 5.73. The minimum absolute atomic E-state index is 0.0677. The third-order valence-corrected chi connectivity index (χ3v) is 9.37. The van der Waals surface area contributed by atoms with Crippen LogP contribution in [0.4, 0.5) is 5.69 Å². The summed E-state index contributed by atoms with van der Waals surface area (Å²) in [5.41, 5.74) is 6.30. The Bertz CT molecular complexity index is 2100. The van der Waals surface area contributed by atoms with Crippen LogP contribution in [0.25, 0.3) is 28.1 Å². The van der Waals surface area contributed by atoms with Crippen LogP contribution in [0.15, 0.2) is 103 Å². The van der Waals surface area contributed by atoms with Crippen LogP contribution in [0.3, 0.4) is 0 Å². The molecule has 0 spiro atoms. The van der Waals surface area contributed by atoms with E-state index in [2.05, 4.69) is 49.5 Å². The maximum Gasteiger partial charge on any atom is 0.254 e. The van der Waals surface area contributed by atoms with E-state index in [1.165, 1.54) is 17.3 Å². The van der Waals surface area contributed by atoms with E-state index in [1.54, 1.807) is 64.9 Å². The predicted molar refractivity (Wildman–Crippen MR) is 188 cm³/mol. The summed E-state index contributed by atoms with van der Waals surface area (Å²) < 4.78 is 1.95. The lowest BCUT2D eigenvalue weighted by molar-refractivity contribution is -0.113. The van der Waals surface area contributed by atoms with Crippen molar-refractivity contribution in [2.45, 2.75) is 18.5 Å². The van der Waals surface area contributed by atoms with Crippen LogP contribution in [-0.2, 0) is 11.2 Å². The molecule has 3 aromatic heterocycles. The smallest absolute Gasteiger partial charge is 0.254 e. The van der Waals surface area contributed by atoms with Crippen molar-refractivity contribution in [3.8, 4) is 17.1 Å². The predicted octanol–water partition coefficient (Wildman–Crippen LogP) is 5.10. The van der Waals surface area contributed by atoms with Gasteiger partial charge in [0.2, 0.25) is 5.91 Å². The van der Waals surface area contributed by atoms with Crippen LogP contribution in [0.1, 0.15) is 33.2 Å². The van der Waals surface area contributed by atoms with E-state index in [-0.39, 0.29) is 23.5 Å². The number of fused-ring (bicyclic) bond motifs is 1. The summed E-state index contributed by atoms with van der Waals surface area (Å²) in [7, 11) is 0. The minimum Gasteiger partial charge on any atom is -0.345 e. The number of anilines is 1. The SMILES string of the molecule is CCc1ccc(-n2c(SCC(=O)Nc3ccc(C(=O)N4CCN(C(=O)c5ccc6nc[nH]c6c5)CC4)cc3)nnc2-c2ccncc2)cc1. The van der Waals surface area contributed by atoms with Gasteiger partial charge in [0.15, 0.2) is 11.0 Å². The molecule has 3 aromatic carbocycles. The van der Waals surface area contributed by atoms with Crippen molar-refractivity contribution < 1.29 is 14.4 Å². The van der Waals surface area contributed by atoms with Crippen molar-refractivity contribution in [3.05, 3.63) is 114 Å². The van der Waals surface area contributed by atoms with Gasteiger partial charge in [-0.3, -0.25) is 23.9 Å². The molecule has 13 heteroatoms. The molecule has 0 unspecified atom stereocenters. The van der Waals surface area contributed by atoms with Crippen LogP contribution >= 0.6 is 11.8 Å². The number of benzene rings is 3. The largest absolute Gasteiger partial charge is 0.345 e. The first-order valence-electron chi connectivity index (χ1n) is 16.0. The van der Waals surface area contributed by atoms with Crippen molar-refractivity contribution in [1.82, 2.24) is 39.5 Å². The topological polar surface area (TPSA) is 142 Å². The highest BCUT2D eigenvalue weighted by molar-refractivity contribution is 7.99. The number of imidazole rings is 1. The molecule has 0 radical (unpaired) electrons. The van der Waals surface area contributed by atoms with Gasteiger partial charge in [-0.2, -0.15) is 0 Å². The number of nitrogens with one attached hydrogen (secondary N) is 2. The second-order valence-electron chi connectivity index (χ2n) is 11.5. The molecule has 7 rings (SSSR count). The zero-order valence-electron chi connectivity index (χ0n) is 26.7. The van der Waals surface area contributed by atoms with Crippen LogP contribution < -0.4 is 5.32 Å². The Balaban J connectivity index is 0.946. The second kappa shape index (κ2) is 14.1. The van der Waals surface area contributed by atoms with Gasteiger partial charge >= 0.3 is 0 Å². The normalized spacial score (nSPS) is 13.1. The first-order valence-corrected chi connectivity index (χ1v) is 16.9. The van der Waals surface area contributed by atoms with Gasteiger partial charge in [-0.25, -0.2) is 4.98 Å². The van der Waals surface area contributed by atoms with Crippen molar-refractivity contribution in [2.75, 3.05) is 37.2 Å². The van der Waals surface area contributed by atoms with Gasteiger partial charge < -0.3 is 20.1 Å². The van der Waals surface area contributed by atoms with Gasteiger partial charge in [0, 0.05) is 66.6 Å². The first kappa shape index (κ1) is 31.8. The summed E-state index contributed by atoms with van der Waals surface area (Å²) in [5, 5.41) is 12.4. The Labute approximate surface area is 286 Å². The molecule has 0 atom stereocenters. The molecular weight excluding hydrogens is 639 g/mol. The number of nitrogens with zero attached hydrogens (tertiary/aromatic N) is 7. The van der Waals surface area contributed by atoms with E-state index >= 15 is 0 Å². The Morgan fingerprint density at radius 1 is 0.816 bits per heavy atom. The maximum absolute atomic E-state index is 13.2. The Hall–Kier alpha value is -5.82. The molecule has 49 heavy (non-hydrogen) atoms. The molecule has 0 bridgehead atoms. The first-order chi connectivity index (χ1) is 24.0. The van der Waals surface area contributed by atoms with E-state index in [4.69, 9.17) is 0 Å². The molecule has 1 aliphatic rings. The van der Waals surface area contributed by atoms with Crippen LogP contribution in [0.2, 0.25) is 0 Å². The Kier molecular flexibility index (Phi) is 9.15. The molecule has 6 aromatic rings. The van der Waals surface area contributed by atoms with E-state index < -0.39 is 0 Å². The van der Waals surface area contributed by atoms with Gasteiger partial charge in [-0.05, 0) is 78.7 Å². The van der Waals surface area contributed by atoms with E-state index in [9.17, 15) is 14.4 Å². The highest BCUT2D eigenvalue weighted by atomic mass is 32.2. The average Bonchev–Trinajstić information content (AvgIpc) is 3.81. The van der Waals surface area contributed by atoms with Gasteiger partial charge in [-0.15, -0.1) is 10.2 Å². The summed E-state index contributed by atoms with van der Waals surface area (Å²) >= 11 is 1.29. The summed E-state index contributed by atoms with van der Waals surface area (Å²) in [6.45, 7) is 3.86. The maximum atomic E-state index is 13.2. The highest BCUT2D eigenvalue weighted by Crippen LogP contribution is 2.28. The molecule has 2 N–H and O–H groups in total. The van der Waals surface area contributed by atoms with E-state index in [0.717, 1.165) is 28.7 Å². The number of carbonyl (C=O) groups is 3. The lowest BCUT2D eigenvalue weighted by Crippen LogP contribution is -2.50. The highest BCUT2D eigenvalue weighted by Gasteiger charge is 2.26. The zero-order chi connectivity index (χ0) is 33.7. The fraction of sp³-hybridized carbons (Fsp3) is 0.194. The number of thioether (sulfide) groups is 1. The van der Waals surface area contributed by atoms with Crippen LogP contribution in [0, 0.1) is 0 Å². The number of rotatable bonds is 9. The molecule has 4 heterocycles. The van der Waals surface area contributed by atoms with E-state index in [0.29, 0.717) is 54.0 Å².